The van der Waals surface area contributed by atoms with E-state index in [0.29, 0.717) is 13.2 Å². The molecule has 1 rings (SSSR count). The van der Waals surface area contributed by atoms with E-state index < -0.39 is 11.4 Å². The summed E-state index contributed by atoms with van der Waals surface area (Å²) in [5, 5.41) is 9.58. The number of aliphatic hydroxyl groups is 1. The van der Waals surface area contributed by atoms with Gasteiger partial charge in [-0.1, -0.05) is 6.08 Å². The van der Waals surface area contributed by atoms with Crippen molar-refractivity contribution in [2.75, 3.05) is 19.8 Å². The Morgan fingerprint density at radius 1 is 1.67 bits per heavy atom. The highest BCUT2D eigenvalue weighted by molar-refractivity contribution is 4.91. The Morgan fingerprint density at radius 3 is 2.80 bits per heavy atom. The van der Waals surface area contributed by atoms with E-state index in [4.69, 9.17) is 14.2 Å². The Kier molecular flexibility index (Phi) is 3.89. The molecule has 0 aromatic heterocycles. The second kappa shape index (κ2) is 4.61. The highest BCUT2D eigenvalue weighted by Gasteiger charge is 2.32. The van der Waals surface area contributed by atoms with Crippen LogP contribution in [0.1, 0.15) is 20.8 Å². The van der Waals surface area contributed by atoms with Crippen LogP contribution >= 0.6 is 0 Å². The summed E-state index contributed by atoms with van der Waals surface area (Å²) in [5.41, 5.74) is -0.977. The fourth-order valence-electron chi connectivity index (χ4n) is 1.30. The molecule has 0 aromatic rings. The van der Waals surface area contributed by atoms with Gasteiger partial charge in [0.25, 0.3) is 0 Å². The largest absolute Gasteiger partial charge is 0.384 e. The average molecular weight is 216 g/mol. The van der Waals surface area contributed by atoms with E-state index in [0.717, 1.165) is 0 Å². The molecule has 1 N–H and O–H groups in total. The lowest BCUT2D eigenvalue weighted by Gasteiger charge is -2.20. The van der Waals surface area contributed by atoms with Crippen LogP contribution in [0.4, 0.5) is 0 Å². The van der Waals surface area contributed by atoms with Crippen LogP contribution in [-0.4, -0.2) is 42.4 Å². The van der Waals surface area contributed by atoms with Gasteiger partial charge in [0.05, 0.1) is 19.8 Å². The van der Waals surface area contributed by atoms with Gasteiger partial charge in [0.1, 0.15) is 11.7 Å². The third-order valence-corrected chi connectivity index (χ3v) is 2.21. The highest BCUT2D eigenvalue weighted by Crippen LogP contribution is 2.22. The summed E-state index contributed by atoms with van der Waals surface area (Å²) in [4.78, 5) is 0. The monoisotopic (exact) mass is 216 g/mol. The topological polar surface area (TPSA) is 47.9 Å². The molecular formula is C11H20O4. The Balaban J connectivity index is 2.20. The van der Waals surface area contributed by atoms with Crippen LogP contribution in [-0.2, 0) is 14.2 Å². The molecule has 15 heavy (non-hydrogen) atoms. The van der Waals surface area contributed by atoms with E-state index in [-0.39, 0.29) is 12.7 Å². The van der Waals surface area contributed by atoms with Crippen LogP contribution in [0.25, 0.3) is 0 Å². The summed E-state index contributed by atoms with van der Waals surface area (Å²) in [6, 6.07) is 0. The first-order valence-electron chi connectivity index (χ1n) is 5.10. The predicted octanol–water partition coefficient (Wildman–Crippen LogP) is 1.09. The Hall–Kier alpha value is -0.420. The van der Waals surface area contributed by atoms with Gasteiger partial charge in [-0.2, -0.15) is 0 Å². The Bertz CT molecular complexity index is 223. The molecule has 1 fully saturated rings. The molecule has 0 radical (unpaired) electrons. The zero-order valence-electron chi connectivity index (χ0n) is 9.66. The number of ether oxygens (including phenoxy) is 3. The van der Waals surface area contributed by atoms with E-state index >= 15 is 0 Å². The fraction of sp³-hybridized carbons (Fsp3) is 0.818. The maximum Gasteiger partial charge on any atom is 0.163 e. The summed E-state index contributed by atoms with van der Waals surface area (Å²) >= 11 is 0. The zero-order valence-corrected chi connectivity index (χ0v) is 9.66. The van der Waals surface area contributed by atoms with Crippen LogP contribution in [0.3, 0.4) is 0 Å². The maximum absolute atomic E-state index is 9.58. The maximum atomic E-state index is 9.58. The van der Waals surface area contributed by atoms with Crippen molar-refractivity contribution in [3.05, 3.63) is 12.7 Å². The second-order valence-electron chi connectivity index (χ2n) is 4.53. The lowest BCUT2D eigenvalue weighted by molar-refractivity contribution is -0.147. The van der Waals surface area contributed by atoms with Crippen LogP contribution in [0.2, 0.25) is 0 Å². The summed E-state index contributed by atoms with van der Waals surface area (Å²) in [7, 11) is 0. The minimum absolute atomic E-state index is 0.0550. The lowest BCUT2D eigenvalue weighted by Crippen LogP contribution is -2.31. The van der Waals surface area contributed by atoms with E-state index in [1.165, 1.54) is 6.08 Å². The molecule has 0 amide bonds. The van der Waals surface area contributed by atoms with Crippen LogP contribution < -0.4 is 0 Å². The van der Waals surface area contributed by atoms with Gasteiger partial charge in [-0.05, 0) is 20.8 Å². The van der Waals surface area contributed by atoms with Crippen molar-refractivity contribution >= 4 is 0 Å². The van der Waals surface area contributed by atoms with Gasteiger partial charge in [0.2, 0.25) is 0 Å². The van der Waals surface area contributed by atoms with Crippen molar-refractivity contribution in [3.63, 3.8) is 0 Å². The molecule has 0 spiro atoms. The summed E-state index contributed by atoms with van der Waals surface area (Å²) in [6.45, 7) is 10.1. The third-order valence-electron chi connectivity index (χ3n) is 2.21. The minimum atomic E-state index is -0.977. The molecule has 4 nitrogen and oxygen atoms in total. The minimum Gasteiger partial charge on any atom is -0.384 e. The van der Waals surface area contributed by atoms with Crippen LogP contribution in [0, 0.1) is 0 Å². The molecule has 88 valence electrons. The standard InChI is InChI=1S/C11H20O4/c1-5-11(4,12)8-13-6-9-7-14-10(2,3)15-9/h5,9,12H,1,6-8H2,2-4H3. The van der Waals surface area contributed by atoms with Crippen LogP contribution in [0.15, 0.2) is 12.7 Å². The van der Waals surface area contributed by atoms with Gasteiger partial charge in [0.15, 0.2) is 5.79 Å². The van der Waals surface area contributed by atoms with Gasteiger partial charge in [-0.15, -0.1) is 6.58 Å². The van der Waals surface area contributed by atoms with E-state index in [2.05, 4.69) is 6.58 Å². The first-order valence-corrected chi connectivity index (χ1v) is 5.10. The van der Waals surface area contributed by atoms with Crippen molar-refractivity contribution in [1.82, 2.24) is 0 Å². The first-order chi connectivity index (χ1) is 6.85. The predicted molar refractivity (Wildman–Crippen MR) is 56.5 cm³/mol. The summed E-state index contributed by atoms with van der Waals surface area (Å²) < 4.78 is 16.3. The van der Waals surface area contributed by atoms with E-state index in [9.17, 15) is 5.11 Å². The molecule has 2 unspecified atom stereocenters. The smallest absolute Gasteiger partial charge is 0.163 e. The van der Waals surface area contributed by atoms with Crippen molar-refractivity contribution < 1.29 is 19.3 Å². The van der Waals surface area contributed by atoms with E-state index in [1.807, 2.05) is 13.8 Å². The zero-order chi connectivity index (χ0) is 11.5. The molecule has 1 saturated heterocycles. The summed E-state index contributed by atoms with van der Waals surface area (Å²) in [5.74, 6) is -0.519. The molecule has 0 aliphatic carbocycles. The molecule has 1 aliphatic heterocycles. The molecule has 4 heteroatoms. The SMILES string of the molecule is C=CC(C)(O)COCC1COC(C)(C)O1. The number of rotatable bonds is 5. The third kappa shape index (κ3) is 4.30. The molecular weight excluding hydrogens is 196 g/mol. The Labute approximate surface area is 90.8 Å². The normalized spacial score (nSPS) is 28.7. The summed E-state index contributed by atoms with van der Waals surface area (Å²) in [6.07, 6.45) is 1.41. The molecule has 1 heterocycles. The van der Waals surface area contributed by atoms with Gasteiger partial charge in [-0.3, -0.25) is 0 Å². The van der Waals surface area contributed by atoms with Crippen molar-refractivity contribution in [2.45, 2.75) is 38.3 Å². The molecule has 0 bridgehead atoms. The van der Waals surface area contributed by atoms with Gasteiger partial charge in [0, 0.05) is 0 Å². The Morgan fingerprint density at radius 2 is 2.33 bits per heavy atom. The first kappa shape index (κ1) is 12.6. The average Bonchev–Trinajstić information content (AvgIpc) is 2.45. The quantitative estimate of drug-likeness (QED) is 0.699. The fourth-order valence-corrected chi connectivity index (χ4v) is 1.30. The van der Waals surface area contributed by atoms with Gasteiger partial charge in [-0.25, -0.2) is 0 Å². The molecule has 2 atom stereocenters. The van der Waals surface area contributed by atoms with Gasteiger partial charge >= 0.3 is 0 Å². The van der Waals surface area contributed by atoms with Crippen molar-refractivity contribution in [3.8, 4) is 0 Å². The molecule has 0 aromatic carbocycles. The van der Waals surface area contributed by atoms with Gasteiger partial charge < -0.3 is 19.3 Å². The van der Waals surface area contributed by atoms with Crippen molar-refractivity contribution in [2.24, 2.45) is 0 Å². The van der Waals surface area contributed by atoms with E-state index in [1.54, 1.807) is 6.92 Å². The molecule has 0 saturated carbocycles. The number of hydrogen-bond donors (Lipinski definition) is 1. The lowest BCUT2D eigenvalue weighted by atomic mass is 10.1. The highest BCUT2D eigenvalue weighted by atomic mass is 16.7. The second-order valence-corrected chi connectivity index (χ2v) is 4.53. The molecule has 1 aliphatic rings. The number of hydrogen-bond acceptors (Lipinski definition) is 4. The van der Waals surface area contributed by atoms with Crippen LogP contribution in [0.5, 0.6) is 0 Å². The van der Waals surface area contributed by atoms with Crippen molar-refractivity contribution in [1.29, 1.82) is 0 Å².